The zero-order valence-electron chi connectivity index (χ0n) is 15.7. The summed E-state index contributed by atoms with van der Waals surface area (Å²) in [5, 5.41) is 5.23. The molecule has 0 unspecified atom stereocenters. The molecule has 3 rings (SSSR count). The molecule has 2 N–H and O–H groups in total. The number of aliphatic imine (C=N–C) groups is 1. The fourth-order valence-electron chi connectivity index (χ4n) is 2.74. The van der Waals surface area contributed by atoms with Crippen LogP contribution in [0.2, 0.25) is 0 Å². The Morgan fingerprint density at radius 3 is 2.43 bits per heavy atom. The molecule has 28 heavy (non-hydrogen) atoms. The van der Waals surface area contributed by atoms with Gasteiger partial charge < -0.3 is 10.6 Å². The molecule has 0 fully saturated rings. The van der Waals surface area contributed by atoms with E-state index in [1.54, 1.807) is 36.5 Å². The van der Waals surface area contributed by atoms with Gasteiger partial charge in [0.1, 0.15) is 11.4 Å². The molecule has 0 aliphatic carbocycles. The van der Waals surface area contributed by atoms with E-state index in [1.165, 1.54) is 13.3 Å². The number of likely N-dealkylation sites (N-methyl/N-ethyl adjacent to an activating group) is 1. The number of carbonyl (C=O) groups is 3. The van der Waals surface area contributed by atoms with E-state index < -0.39 is 5.91 Å². The Labute approximate surface area is 162 Å². The van der Waals surface area contributed by atoms with Gasteiger partial charge in [-0.25, -0.2) is 0 Å². The Morgan fingerprint density at radius 2 is 1.79 bits per heavy atom. The van der Waals surface area contributed by atoms with Crippen LogP contribution in [0.4, 0.5) is 5.69 Å². The summed E-state index contributed by atoms with van der Waals surface area (Å²) in [6, 6.07) is 10.6. The predicted molar refractivity (Wildman–Crippen MR) is 106 cm³/mol. The number of benzene rings is 1. The lowest BCUT2D eigenvalue weighted by Crippen LogP contribution is -2.23. The van der Waals surface area contributed by atoms with Crippen molar-refractivity contribution < 1.29 is 14.4 Å². The normalized spacial score (nSPS) is 12.8. The minimum atomic E-state index is -0.391. The number of aryl methyl sites for hydroxylation is 1. The van der Waals surface area contributed by atoms with Crippen LogP contribution >= 0.6 is 0 Å². The van der Waals surface area contributed by atoms with Crippen LogP contribution in [0.5, 0.6) is 0 Å². The fourth-order valence-corrected chi connectivity index (χ4v) is 2.74. The van der Waals surface area contributed by atoms with Gasteiger partial charge in [0.2, 0.25) is 0 Å². The van der Waals surface area contributed by atoms with Crippen molar-refractivity contribution in [2.24, 2.45) is 4.99 Å². The quantitative estimate of drug-likeness (QED) is 0.755. The topological polar surface area (TPSA) is 101 Å². The van der Waals surface area contributed by atoms with Crippen LogP contribution in [-0.4, -0.2) is 35.8 Å². The summed E-state index contributed by atoms with van der Waals surface area (Å²) in [6.45, 7) is 1.92. The highest BCUT2D eigenvalue weighted by Crippen LogP contribution is 2.19. The number of carbonyl (C=O) groups excluding carboxylic acids is 3. The molecular formula is C21H20N4O3. The van der Waals surface area contributed by atoms with Gasteiger partial charge in [-0.05, 0) is 36.2 Å². The third-order valence-electron chi connectivity index (χ3n) is 4.29. The van der Waals surface area contributed by atoms with Crippen molar-refractivity contribution in [2.75, 3.05) is 12.4 Å². The van der Waals surface area contributed by atoms with E-state index in [-0.39, 0.29) is 23.8 Å². The van der Waals surface area contributed by atoms with Gasteiger partial charge in [0, 0.05) is 38.0 Å². The molecule has 0 saturated heterocycles. The summed E-state index contributed by atoms with van der Waals surface area (Å²) in [7, 11) is 1.49. The molecule has 0 radical (unpaired) electrons. The predicted octanol–water partition coefficient (Wildman–Crippen LogP) is 2.23. The number of pyridine rings is 1. The van der Waals surface area contributed by atoms with Crippen molar-refractivity contribution in [3.8, 4) is 0 Å². The molecule has 0 spiro atoms. The van der Waals surface area contributed by atoms with E-state index in [9.17, 15) is 14.4 Å². The largest absolute Gasteiger partial charge is 0.354 e. The molecule has 2 aromatic rings. The second-order valence-corrected chi connectivity index (χ2v) is 6.39. The number of nitrogens with zero attached hydrogens (tertiary/aromatic N) is 2. The van der Waals surface area contributed by atoms with Crippen LogP contribution < -0.4 is 10.6 Å². The van der Waals surface area contributed by atoms with Gasteiger partial charge in [0.05, 0.1) is 5.57 Å². The first-order valence-corrected chi connectivity index (χ1v) is 8.82. The van der Waals surface area contributed by atoms with Gasteiger partial charge in [0.25, 0.3) is 11.8 Å². The number of Topliss-reactive ketones (excluding diaryl/α,β-unsaturated/α-hetero) is 1. The number of anilines is 1. The molecule has 7 heteroatoms. The molecule has 0 saturated carbocycles. The lowest BCUT2D eigenvalue weighted by atomic mass is 10.1. The van der Waals surface area contributed by atoms with Gasteiger partial charge in [0.15, 0.2) is 5.78 Å². The second-order valence-electron chi connectivity index (χ2n) is 6.39. The van der Waals surface area contributed by atoms with E-state index >= 15 is 0 Å². The zero-order chi connectivity index (χ0) is 20.1. The molecule has 2 amide bonds. The van der Waals surface area contributed by atoms with E-state index in [0.29, 0.717) is 23.4 Å². The monoisotopic (exact) mass is 376 g/mol. The SMILES string of the molecule is CNC(=O)C1=C(C(=O)Nc2ccc(CC(=O)c3ccc(C)cn3)cc2)CC=N1. The Kier molecular flexibility index (Phi) is 5.74. The molecule has 1 aliphatic heterocycles. The van der Waals surface area contributed by atoms with Gasteiger partial charge in [-0.2, -0.15) is 0 Å². The molecule has 7 nitrogen and oxygen atoms in total. The lowest BCUT2D eigenvalue weighted by Gasteiger charge is -2.08. The van der Waals surface area contributed by atoms with Crippen molar-refractivity contribution in [3.05, 3.63) is 70.7 Å². The first-order chi connectivity index (χ1) is 13.5. The third-order valence-corrected chi connectivity index (χ3v) is 4.29. The Bertz CT molecular complexity index is 974. The van der Waals surface area contributed by atoms with Crippen LogP contribution in [0.15, 0.2) is 58.9 Å². The van der Waals surface area contributed by atoms with E-state index in [1.807, 2.05) is 13.0 Å². The summed E-state index contributed by atoms with van der Waals surface area (Å²) in [4.78, 5) is 44.6. The average molecular weight is 376 g/mol. The molecule has 2 heterocycles. The van der Waals surface area contributed by atoms with Crippen LogP contribution in [0, 0.1) is 6.92 Å². The van der Waals surface area contributed by atoms with Crippen LogP contribution in [0.25, 0.3) is 0 Å². The highest BCUT2D eigenvalue weighted by molar-refractivity contribution is 6.13. The first-order valence-electron chi connectivity index (χ1n) is 8.82. The van der Waals surface area contributed by atoms with Crippen LogP contribution in [-0.2, 0) is 16.0 Å². The van der Waals surface area contributed by atoms with E-state index in [4.69, 9.17) is 0 Å². The number of amides is 2. The molecule has 1 aromatic heterocycles. The van der Waals surface area contributed by atoms with Crippen molar-refractivity contribution in [1.82, 2.24) is 10.3 Å². The minimum absolute atomic E-state index is 0.0692. The first kappa shape index (κ1) is 19.2. The summed E-state index contributed by atoms with van der Waals surface area (Å²) in [5.74, 6) is -0.832. The van der Waals surface area contributed by atoms with Crippen molar-refractivity contribution in [2.45, 2.75) is 19.8 Å². The maximum atomic E-state index is 12.4. The number of hydrogen-bond donors (Lipinski definition) is 2. The summed E-state index contributed by atoms with van der Waals surface area (Å²) in [5.41, 5.74) is 3.28. The number of rotatable bonds is 6. The average Bonchev–Trinajstić information content (AvgIpc) is 3.19. The van der Waals surface area contributed by atoms with Crippen molar-refractivity contribution >= 4 is 29.5 Å². The van der Waals surface area contributed by atoms with E-state index in [2.05, 4.69) is 20.6 Å². The Balaban J connectivity index is 1.64. The van der Waals surface area contributed by atoms with E-state index in [0.717, 1.165) is 11.1 Å². The van der Waals surface area contributed by atoms with Gasteiger partial charge in [-0.3, -0.25) is 24.4 Å². The maximum absolute atomic E-state index is 12.4. The third kappa shape index (κ3) is 4.37. The lowest BCUT2D eigenvalue weighted by molar-refractivity contribution is -0.118. The number of nitrogens with one attached hydrogen (secondary N) is 2. The zero-order valence-corrected chi connectivity index (χ0v) is 15.7. The molecule has 142 valence electrons. The maximum Gasteiger partial charge on any atom is 0.270 e. The van der Waals surface area contributed by atoms with Gasteiger partial charge in [-0.15, -0.1) is 0 Å². The summed E-state index contributed by atoms with van der Waals surface area (Å²) in [6.07, 6.45) is 3.74. The van der Waals surface area contributed by atoms with Crippen molar-refractivity contribution in [1.29, 1.82) is 0 Å². The minimum Gasteiger partial charge on any atom is -0.354 e. The summed E-state index contributed by atoms with van der Waals surface area (Å²) < 4.78 is 0. The van der Waals surface area contributed by atoms with Gasteiger partial charge in [-0.1, -0.05) is 18.2 Å². The summed E-state index contributed by atoms with van der Waals surface area (Å²) >= 11 is 0. The number of aromatic nitrogens is 1. The van der Waals surface area contributed by atoms with Crippen molar-refractivity contribution in [3.63, 3.8) is 0 Å². The van der Waals surface area contributed by atoms with Crippen LogP contribution in [0.3, 0.4) is 0 Å². The number of hydrogen-bond acceptors (Lipinski definition) is 5. The Hall–Kier alpha value is -3.61. The molecule has 1 aromatic carbocycles. The number of ketones is 1. The highest BCUT2D eigenvalue weighted by Gasteiger charge is 2.23. The molecule has 0 bridgehead atoms. The Morgan fingerprint density at radius 1 is 1.04 bits per heavy atom. The highest BCUT2D eigenvalue weighted by atomic mass is 16.2. The second kappa shape index (κ2) is 8.39. The molecule has 0 atom stereocenters. The smallest absolute Gasteiger partial charge is 0.270 e. The fraction of sp³-hybridized carbons (Fsp3) is 0.190. The van der Waals surface area contributed by atoms with Gasteiger partial charge >= 0.3 is 0 Å². The molecule has 1 aliphatic rings. The standard InChI is InChI=1S/C21H20N4O3/c1-13-3-8-17(24-12-13)18(26)11-14-4-6-15(7-5-14)25-20(27)16-9-10-23-19(16)21(28)22-2/h3-8,10,12H,9,11H2,1-2H3,(H,22,28)(H,25,27). The molecular weight excluding hydrogens is 356 g/mol. The van der Waals surface area contributed by atoms with Crippen LogP contribution in [0.1, 0.15) is 28.0 Å².